The third kappa shape index (κ3) is 2.43. The number of nitrogens with two attached hydrogens (primary N) is 1. The summed E-state index contributed by atoms with van der Waals surface area (Å²) in [4.78, 5) is 19.0. The summed E-state index contributed by atoms with van der Waals surface area (Å²) in [5, 5.41) is 0.922. The van der Waals surface area contributed by atoms with Gasteiger partial charge in [0.1, 0.15) is 9.71 Å². The quantitative estimate of drug-likeness (QED) is 0.698. The number of nitrogens with zero attached hydrogens (tertiary/aromatic N) is 1. The minimum Gasteiger partial charge on any atom is -0.397 e. The highest BCUT2D eigenvalue weighted by atomic mass is 32.1. The molecule has 2 aromatic heterocycles. The maximum Gasteiger partial charge on any atom is 0.205 e. The zero-order chi connectivity index (χ0) is 16.9. The molecule has 0 aliphatic heterocycles. The van der Waals surface area contributed by atoms with E-state index in [4.69, 9.17) is 5.73 Å². The number of aryl methyl sites for hydroxylation is 4. The monoisotopic (exact) mass is 324 g/mol. The molecule has 118 valence electrons. The molecule has 0 saturated carbocycles. The molecule has 3 rings (SSSR count). The molecule has 0 fully saturated rings. The molecule has 0 radical (unpaired) electrons. The van der Waals surface area contributed by atoms with Crippen molar-refractivity contribution < 1.29 is 4.79 Å². The molecular formula is C19H20N2OS. The molecule has 0 saturated heterocycles. The highest BCUT2D eigenvalue weighted by Crippen LogP contribution is 2.37. The summed E-state index contributed by atoms with van der Waals surface area (Å²) in [7, 11) is 0. The predicted octanol–water partition coefficient (Wildman–Crippen LogP) is 4.65. The van der Waals surface area contributed by atoms with Crippen LogP contribution in [0.5, 0.6) is 0 Å². The van der Waals surface area contributed by atoms with Crippen LogP contribution in [0.1, 0.15) is 43.2 Å². The number of nitrogen functional groups attached to an aromatic ring is 1. The smallest absolute Gasteiger partial charge is 0.205 e. The van der Waals surface area contributed by atoms with E-state index in [0.717, 1.165) is 38.2 Å². The lowest BCUT2D eigenvalue weighted by Gasteiger charge is -2.06. The second-order valence-corrected chi connectivity index (χ2v) is 7.12. The molecule has 1 aromatic carbocycles. The number of ketones is 1. The summed E-state index contributed by atoms with van der Waals surface area (Å²) >= 11 is 1.39. The van der Waals surface area contributed by atoms with Gasteiger partial charge in [0.05, 0.1) is 5.69 Å². The average Bonchev–Trinajstić information content (AvgIpc) is 2.81. The summed E-state index contributed by atoms with van der Waals surface area (Å²) in [6, 6.07) is 5.86. The first-order valence-corrected chi connectivity index (χ1v) is 8.40. The second-order valence-electron chi connectivity index (χ2n) is 6.12. The first kappa shape index (κ1) is 15.7. The predicted molar refractivity (Wildman–Crippen MR) is 97.6 cm³/mol. The number of hydrogen-bond acceptors (Lipinski definition) is 4. The standard InChI is InChI=1S/C19H20N2OS/c1-9-6-7-14(10(2)8-9)17(22)18-16(20)15-12(4)11(3)13(5)21-19(15)23-18/h6-8H,20H2,1-5H3. The Labute approximate surface area is 140 Å². The van der Waals surface area contributed by atoms with Crippen molar-refractivity contribution in [2.24, 2.45) is 0 Å². The number of carbonyl (C=O) groups excluding carboxylic acids is 1. The van der Waals surface area contributed by atoms with E-state index in [-0.39, 0.29) is 5.78 Å². The number of rotatable bonds is 2. The van der Waals surface area contributed by atoms with Gasteiger partial charge in [-0.2, -0.15) is 0 Å². The van der Waals surface area contributed by atoms with E-state index >= 15 is 0 Å². The molecule has 23 heavy (non-hydrogen) atoms. The van der Waals surface area contributed by atoms with Crippen molar-refractivity contribution in [3.63, 3.8) is 0 Å². The first-order valence-electron chi connectivity index (χ1n) is 7.59. The molecular weight excluding hydrogens is 304 g/mol. The van der Waals surface area contributed by atoms with Gasteiger partial charge in [-0.15, -0.1) is 11.3 Å². The Morgan fingerprint density at radius 2 is 1.78 bits per heavy atom. The SMILES string of the molecule is Cc1ccc(C(=O)c2sc3nc(C)c(C)c(C)c3c2N)c(C)c1. The molecule has 4 heteroatoms. The van der Waals surface area contributed by atoms with E-state index in [1.807, 2.05) is 52.8 Å². The zero-order valence-corrected chi connectivity index (χ0v) is 14.9. The topological polar surface area (TPSA) is 56.0 Å². The van der Waals surface area contributed by atoms with Crippen molar-refractivity contribution in [1.29, 1.82) is 0 Å². The van der Waals surface area contributed by atoms with Gasteiger partial charge in [-0.05, 0) is 51.3 Å². The third-order valence-corrected chi connectivity index (χ3v) is 5.61. The van der Waals surface area contributed by atoms with E-state index in [0.29, 0.717) is 16.1 Å². The van der Waals surface area contributed by atoms with Gasteiger partial charge in [-0.3, -0.25) is 4.79 Å². The van der Waals surface area contributed by atoms with Crippen molar-refractivity contribution in [2.45, 2.75) is 34.6 Å². The maximum atomic E-state index is 13.0. The molecule has 0 spiro atoms. The molecule has 0 atom stereocenters. The summed E-state index contributed by atoms with van der Waals surface area (Å²) in [6.45, 7) is 10.1. The fourth-order valence-corrected chi connectivity index (χ4v) is 4.08. The van der Waals surface area contributed by atoms with Gasteiger partial charge in [-0.1, -0.05) is 23.8 Å². The number of thiophene rings is 1. The number of fused-ring (bicyclic) bond motifs is 1. The van der Waals surface area contributed by atoms with E-state index < -0.39 is 0 Å². The van der Waals surface area contributed by atoms with Gasteiger partial charge in [0, 0.05) is 16.6 Å². The molecule has 0 unspecified atom stereocenters. The Kier molecular flexibility index (Phi) is 3.72. The summed E-state index contributed by atoms with van der Waals surface area (Å²) in [5.41, 5.74) is 12.9. The maximum absolute atomic E-state index is 13.0. The van der Waals surface area contributed by atoms with Crippen molar-refractivity contribution in [3.8, 4) is 0 Å². The number of hydrogen-bond donors (Lipinski definition) is 1. The summed E-state index contributed by atoms with van der Waals surface area (Å²) < 4.78 is 0. The van der Waals surface area contributed by atoms with Crippen LogP contribution >= 0.6 is 11.3 Å². The lowest BCUT2D eigenvalue weighted by Crippen LogP contribution is -2.04. The normalized spacial score (nSPS) is 11.2. The zero-order valence-electron chi connectivity index (χ0n) is 14.1. The van der Waals surface area contributed by atoms with Crippen LogP contribution in [0.2, 0.25) is 0 Å². The Morgan fingerprint density at radius 1 is 1.09 bits per heavy atom. The Hall–Kier alpha value is -2.20. The molecule has 0 amide bonds. The van der Waals surface area contributed by atoms with E-state index in [1.54, 1.807) is 0 Å². The van der Waals surface area contributed by atoms with Gasteiger partial charge in [0.25, 0.3) is 0 Å². The lowest BCUT2D eigenvalue weighted by molar-refractivity contribution is 0.104. The van der Waals surface area contributed by atoms with Crippen molar-refractivity contribution in [1.82, 2.24) is 4.98 Å². The van der Waals surface area contributed by atoms with Crippen LogP contribution in [0.4, 0.5) is 5.69 Å². The molecule has 3 nitrogen and oxygen atoms in total. The Bertz CT molecular complexity index is 954. The van der Waals surface area contributed by atoms with Crippen LogP contribution in [0.15, 0.2) is 18.2 Å². The number of anilines is 1. The van der Waals surface area contributed by atoms with Gasteiger partial charge >= 0.3 is 0 Å². The van der Waals surface area contributed by atoms with Gasteiger partial charge < -0.3 is 5.73 Å². The number of aromatic nitrogens is 1. The van der Waals surface area contributed by atoms with Crippen molar-refractivity contribution in [2.75, 3.05) is 5.73 Å². The number of carbonyl (C=O) groups is 1. The van der Waals surface area contributed by atoms with E-state index in [1.165, 1.54) is 11.3 Å². The lowest BCUT2D eigenvalue weighted by atomic mass is 9.99. The van der Waals surface area contributed by atoms with Gasteiger partial charge in [-0.25, -0.2) is 4.98 Å². The average molecular weight is 324 g/mol. The van der Waals surface area contributed by atoms with Crippen LogP contribution < -0.4 is 5.73 Å². The summed E-state index contributed by atoms with van der Waals surface area (Å²) in [5.74, 6) is -0.0160. The number of benzene rings is 1. The van der Waals surface area contributed by atoms with Gasteiger partial charge in [0.15, 0.2) is 0 Å². The number of pyridine rings is 1. The third-order valence-electron chi connectivity index (χ3n) is 4.51. The van der Waals surface area contributed by atoms with Crippen LogP contribution in [0.3, 0.4) is 0 Å². The highest BCUT2D eigenvalue weighted by Gasteiger charge is 2.22. The fraction of sp³-hybridized carbons (Fsp3) is 0.263. The second kappa shape index (κ2) is 5.46. The van der Waals surface area contributed by atoms with Gasteiger partial charge in [0.2, 0.25) is 5.78 Å². The van der Waals surface area contributed by atoms with Crippen LogP contribution in [-0.2, 0) is 0 Å². The molecule has 0 aliphatic carbocycles. The van der Waals surface area contributed by atoms with Crippen molar-refractivity contribution >= 4 is 33.0 Å². The van der Waals surface area contributed by atoms with Crippen LogP contribution in [0, 0.1) is 34.6 Å². The largest absolute Gasteiger partial charge is 0.397 e. The van der Waals surface area contributed by atoms with E-state index in [9.17, 15) is 4.79 Å². The van der Waals surface area contributed by atoms with Crippen LogP contribution in [-0.4, -0.2) is 10.8 Å². The molecule has 0 bridgehead atoms. The van der Waals surface area contributed by atoms with E-state index in [2.05, 4.69) is 4.98 Å². The minimum atomic E-state index is -0.0160. The molecule has 2 heterocycles. The molecule has 3 aromatic rings. The fourth-order valence-electron chi connectivity index (χ4n) is 2.93. The minimum absolute atomic E-state index is 0.0160. The molecule has 2 N–H and O–H groups in total. The van der Waals surface area contributed by atoms with Crippen molar-refractivity contribution in [3.05, 3.63) is 56.6 Å². The van der Waals surface area contributed by atoms with Crippen LogP contribution in [0.25, 0.3) is 10.2 Å². The highest BCUT2D eigenvalue weighted by molar-refractivity contribution is 7.21. The molecule has 0 aliphatic rings. The Balaban J connectivity index is 2.22. The first-order chi connectivity index (χ1) is 10.8. The Morgan fingerprint density at radius 3 is 2.43 bits per heavy atom. The summed E-state index contributed by atoms with van der Waals surface area (Å²) in [6.07, 6.45) is 0.